The lowest BCUT2D eigenvalue weighted by molar-refractivity contribution is 0.248. The smallest absolute Gasteiger partial charge is 0.312 e. The lowest BCUT2D eigenvalue weighted by Gasteiger charge is -2.11. The van der Waals surface area contributed by atoms with Crippen molar-refractivity contribution in [3.8, 4) is 5.75 Å². The number of carbonyl (C=O) groups excluding carboxylic acids is 1. The molecule has 20 heavy (non-hydrogen) atoms. The summed E-state index contributed by atoms with van der Waals surface area (Å²) in [5.41, 5.74) is 6.95. The molecule has 0 saturated carbocycles. The molecule has 0 unspecified atom stereocenters. The van der Waals surface area contributed by atoms with Crippen LogP contribution in [0.5, 0.6) is 5.75 Å². The molecule has 0 atom stereocenters. The van der Waals surface area contributed by atoms with Crippen molar-refractivity contribution in [2.75, 3.05) is 0 Å². The summed E-state index contributed by atoms with van der Waals surface area (Å²) in [7, 11) is 0. The number of hydrogen-bond acceptors (Lipinski definition) is 2. The van der Waals surface area contributed by atoms with Gasteiger partial charge in [-0.25, -0.2) is 4.79 Å². The molecule has 2 amide bonds. The van der Waals surface area contributed by atoms with Crippen LogP contribution in [0.2, 0.25) is 0 Å². The molecule has 0 spiro atoms. The predicted octanol–water partition coefficient (Wildman–Crippen LogP) is 3.46. The van der Waals surface area contributed by atoms with Gasteiger partial charge in [0.15, 0.2) is 0 Å². The predicted molar refractivity (Wildman–Crippen MR) is 81.6 cm³/mol. The average Bonchev–Trinajstić information content (AvgIpc) is 2.41. The molecule has 112 valence electrons. The number of hydrogen-bond donors (Lipinski definition) is 3. The van der Waals surface area contributed by atoms with E-state index in [1.54, 1.807) is 6.07 Å². The Balaban J connectivity index is 2.47. The highest BCUT2D eigenvalue weighted by atomic mass is 16.3. The maximum absolute atomic E-state index is 10.8. The van der Waals surface area contributed by atoms with Gasteiger partial charge in [0.1, 0.15) is 5.75 Å². The van der Waals surface area contributed by atoms with E-state index in [0.717, 1.165) is 24.0 Å². The third kappa shape index (κ3) is 5.95. The molecule has 0 bridgehead atoms. The van der Waals surface area contributed by atoms with Gasteiger partial charge in [-0.1, -0.05) is 51.2 Å². The number of aromatic hydroxyl groups is 1. The molecular formula is C16H26N2O2. The number of nitrogens with two attached hydrogens (primary N) is 1. The zero-order chi connectivity index (χ0) is 14.8. The number of unbranched alkanes of at least 4 members (excludes halogenated alkanes) is 5. The first kappa shape index (κ1) is 16.3. The molecule has 0 aliphatic rings. The summed E-state index contributed by atoms with van der Waals surface area (Å²) in [6.07, 6.45) is 8.37. The zero-order valence-electron chi connectivity index (χ0n) is 12.3. The van der Waals surface area contributed by atoms with Crippen molar-refractivity contribution in [1.82, 2.24) is 5.32 Å². The maximum Gasteiger partial charge on any atom is 0.312 e. The van der Waals surface area contributed by atoms with E-state index in [2.05, 4.69) is 12.2 Å². The number of phenolic OH excluding ortho intramolecular Hbond substituents is 1. The summed E-state index contributed by atoms with van der Waals surface area (Å²) < 4.78 is 0. The first-order valence-corrected chi connectivity index (χ1v) is 7.48. The van der Waals surface area contributed by atoms with Crippen LogP contribution in [0.25, 0.3) is 0 Å². The highest BCUT2D eigenvalue weighted by molar-refractivity contribution is 5.71. The van der Waals surface area contributed by atoms with Crippen molar-refractivity contribution in [1.29, 1.82) is 0 Å². The Morgan fingerprint density at radius 3 is 2.60 bits per heavy atom. The number of rotatable bonds is 9. The number of amides is 2. The Morgan fingerprint density at radius 1 is 1.20 bits per heavy atom. The van der Waals surface area contributed by atoms with Crippen molar-refractivity contribution in [3.05, 3.63) is 29.3 Å². The van der Waals surface area contributed by atoms with Gasteiger partial charge in [0, 0.05) is 12.1 Å². The second kappa shape index (κ2) is 9.23. The van der Waals surface area contributed by atoms with Gasteiger partial charge in [-0.2, -0.15) is 0 Å². The average molecular weight is 278 g/mol. The van der Waals surface area contributed by atoms with Gasteiger partial charge in [0.2, 0.25) is 0 Å². The highest BCUT2D eigenvalue weighted by Gasteiger charge is 2.08. The fraction of sp³-hybridized carbons (Fsp3) is 0.562. The molecule has 1 rings (SSSR count). The minimum absolute atomic E-state index is 0.224. The fourth-order valence-corrected chi connectivity index (χ4v) is 2.33. The minimum atomic E-state index is -0.571. The summed E-state index contributed by atoms with van der Waals surface area (Å²) in [5, 5.41) is 12.4. The SMILES string of the molecule is CCCCCCCCc1cccc(O)c1CNC(N)=O. The van der Waals surface area contributed by atoms with Crippen LogP contribution in [0.4, 0.5) is 4.79 Å². The molecule has 0 heterocycles. The Bertz CT molecular complexity index is 419. The monoisotopic (exact) mass is 278 g/mol. The van der Waals surface area contributed by atoms with Crippen LogP contribution in [0.15, 0.2) is 18.2 Å². The molecule has 4 nitrogen and oxygen atoms in total. The van der Waals surface area contributed by atoms with Crippen LogP contribution in [0.3, 0.4) is 0 Å². The fourth-order valence-electron chi connectivity index (χ4n) is 2.33. The van der Waals surface area contributed by atoms with Crippen LogP contribution in [-0.2, 0) is 13.0 Å². The maximum atomic E-state index is 10.8. The summed E-state index contributed by atoms with van der Waals surface area (Å²) in [6, 6.07) is 4.92. The molecule has 1 aromatic carbocycles. The van der Waals surface area contributed by atoms with Crippen molar-refractivity contribution in [2.24, 2.45) is 5.73 Å². The number of primary amides is 1. The second-order valence-corrected chi connectivity index (χ2v) is 5.15. The lowest BCUT2D eigenvalue weighted by Crippen LogP contribution is -2.29. The molecule has 1 aromatic rings. The van der Waals surface area contributed by atoms with Crippen LogP contribution in [-0.4, -0.2) is 11.1 Å². The number of aryl methyl sites for hydroxylation is 1. The van der Waals surface area contributed by atoms with Crippen LogP contribution in [0, 0.1) is 0 Å². The molecule has 0 aliphatic heterocycles. The van der Waals surface area contributed by atoms with Gasteiger partial charge in [-0.05, 0) is 24.5 Å². The van der Waals surface area contributed by atoms with Gasteiger partial charge in [-0.3, -0.25) is 0 Å². The first-order chi connectivity index (χ1) is 9.65. The second-order valence-electron chi connectivity index (χ2n) is 5.15. The molecule has 0 fully saturated rings. The molecule has 4 heteroatoms. The van der Waals surface area contributed by atoms with Gasteiger partial charge < -0.3 is 16.2 Å². The van der Waals surface area contributed by atoms with E-state index in [-0.39, 0.29) is 12.3 Å². The van der Waals surface area contributed by atoms with Gasteiger partial charge in [0.25, 0.3) is 0 Å². The van der Waals surface area contributed by atoms with Gasteiger partial charge >= 0.3 is 6.03 Å². The Labute approximate surface area is 121 Å². The van der Waals surface area contributed by atoms with Crippen LogP contribution < -0.4 is 11.1 Å². The summed E-state index contributed by atoms with van der Waals surface area (Å²) >= 11 is 0. The largest absolute Gasteiger partial charge is 0.508 e. The Morgan fingerprint density at radius 2 is 1.90 bits per heavy atom. The van der Waals surface area contributed by atoms with E-state index in [4.69, 9.17) is 5.73 Å². The third-order valence-corrected chi connectivity index (χ3v) is 3.49. The van der Waals surface area contributed by atoms with Crippen molar-refractivity contribution >= 4 is 6.03 Å². The minimum Gasteiger partial charge on any atom is -0.508 e. The standard InChI is InChI=1S/C16H26N2O2/c1-2-3-4-5-6-7-9-13-10-8-11-15(19)14(13)12-18-16(17)20/h8,10-11,19H,2-7,9,12H2,1H3,(H3,17,18,20). The number of carbonyl (C=O) groups is 1. The normalized spacial score (nSPS) is 10.4. The highest BCUT2D eigenvalue weighted by Crippen LogP contribution is 2.22. The first-order valence-electron chi connectivity index (χ1n) is 7.48. The quantitative estimate of drug-likeness (QED) is 0.605. The summed E-state index contributed by atoms with van der Waals surface area (Å²) in [4.78, 5) is 10.8. The molecule has 0 aromatic heterocycles. The lowest BCUT2D eigenvalue weighted by atomic mass is 9.99. The number of benzene rings is 1. The van der Waals surface area contributed by atoms with Crippen molar-refractivity contribution < 1.29 is 9.90 Å². The molecule has 0 saturated heterocycles. The van der Waals surface area contributed by atoms with E-state index < -0.39 is 6.03 Å². The number of urea groups is 1. The van der Waals surface area contributed by atoms with E-state index in [0.29, 0.717) is 0 Å². The molecular weight excluding hydrogens is 252 g/mol. The number of phenols is 1. The third-order valence-electron chi connectivity index (χ3n) is 3.49. The molecule has 0 aliphatic carbocycles. The van der Waals surface area contributed by atoms with Gasteiger partial charge in [0.05, 0.1) is 0 Å². The van der Waals surface area contributed by atoms with E-state index >= 15 is 0 Å². The van der Waals surface area contributed by atoms with E-state index in [1.165, 1.54) is 32.1 Å². The zero-order valence-corrected chi connectivity index (χ0v) is 12.3. The molecule has 0 radical (unpaired) electrons. The summed E-state index contributed by atoms with van der Waals surface area (Å²) in [5.74, 6) is 0.224. The molecule has 4 N–H and O–H groups in total. The van der Waals surface area contributed by atoms with Crippen molar-refractivity contribution in [2.45, 2.75) is 58.4 Å². The van der Waals surface area contributed by atoms with Crippen LogP contribution >= 0.6 is 0 Å². The van der Waals surface area contributed by atoms with Gasteiger partial charge in [-0.15, -0.1) is 0 Å². The number of nitrogens with one attached hydrogen (secondary N) is 1. The van der Waals surface area contributed by atoms with Crippen molar-refractivity contribution in [3.63, 3.8) is 0 Å². The van der Waals surface area contributed by atoms with Crippen LogP contribution in [0.1, 0.15) is 56.6 Å². The van der Waals surface area contributed by atoms with E-state index in [9.17, 15) is 9.90 Å². The van der Waals surface area contributed by atoms with E-state index in [1.807, 2.05) is 12.1 Å². The Hall–Kier alpha value is -1.71. The Kier molecular flexibility index (Phi) is 7.55. The topological polar surface area (TPSA) is 75.3 Å². The summed E-state index contributed by atoms with van der Waals surface area (Å²) in [6.45, 7) is 2.50.